The van der Waals surface area contributed by atoms with E-state index >= 15 is 0 Å². The molecule has 0 aromatic heterocycles. The second-order valence-corrected chi connectivity index (χ2v) is 6.26. The number of benzene rings is 1. The zero-order chi connectivity index (χ0) is 14.6. The van der Waals surface area contributed by atoms with Crippen LogP contribution in [0.3, 0.4) is 0 Å². The van der Waals surface area contributed by atoms with E-state index < -0.39 is 22.0 Å². The molecule has 1 aromatic carbocycles. The van der Waals surface area contributed by atoms with Gasteiger partial charge in [-0.05, 0) is 30.5 Å². The minimum absolute atomic E-state index is 0.0782. The van der Waals surface area contributed by atoms with Crippen LogP contribution in [-0.4, -0.2) is 25.6 Å². The van der Waals surface area contributed by atoms with Crippen LogP contribution in [0.4, 0.5) is 0 Å². The maximum absolute atomic E-state index is 12.0. The fourth-order valence-electron chi connectivity index (χ4n) is 1.48. The van der Waals surface area contributed by atoms with E-state index in [0.717, 1.165) is 5.56 Å². The Morgan fingerprint density at radius 3 is 2.11 bits per heavy atom. The Balaban J connectivity index is 2.91. The standard InChI is InChI=1S/C12H18N2O4S/c1-8(2)10-4-6-11(7-5-10)19(17,18)14-9(3)12(15)13-16/h4-9,14,16H,1-3H3,(H,13,15). The minimum Gasteiger partial charge on any atom is -0.289 e. The number of rotatable bonds is 5. The van der Waals surface area contributed by atoms with Gasteiger partial charge in [0.15, 0.2) is 0 Å². The molecule has 0 aliphatic rings. The lowest BCUT2D eigenvalue weighted by atomic mass is 10.0. The molecule has 19 heavy (non-hydrogen) atoms. The van der Waals surface area contributed by atoms with E-state index in [2.05, 4.69) is 4.72 Å². The molecular formula is C12H18N2O4S. The molecule has 106 valence electrons. The quantitative estimate of drug-likeness (QED) is 0.555. The molecule has 0 spiro atoms. The molecule has 0 radical (unpaired) electrons. The fourth-order valence-corrected chi connectivity index (χ4v) is 2.69. The highest BCUT2D eigenvalue weighted by atomic mass is 32.2. The number of nitrogens with one attached hydrogen (secondary N) is 2. The first-order chi connectivity index (χ1) is 8.77. The fraction of sp³-hybridized carbons (Fsp3) is 0.417. The maximum Gasteiger partial charge on any atom is 0.261 e. The summed E-state index contributed by atoms with van der Waals surface area (Å²) in [5, 5.41) is 8.44. The van der Waals surface area contributed by atoms with Crippen LogP contribution >= 0.6 is 0 Å². The van der Waals surface area contributed by atoms with Crippen molar-refractivity contribution in [2.24, 2.45) is 0 Å². The van der Waals surface area contributed by atoms with Crippen molar-refractivity contribution >= 4 is 15.9 Å². The van der Waals surface area contributed by atoms with Gasteiger partial charge in [0.2, 0.25) is 10.0 Å². The predicted octanol–water partition coefficient (Wildman–Crippen LogP) is 0.982. The molecular weight excluding hydrogens is 268 g/mol. The number of sulfonamides is 1. The first-order valence-corrected chi connectivity index (χ1v) is 7.32. The third-order valence-electron chi connectivity index (χ3n) is 2.69. The predicted molar refractivity (Wildman–Crippen MR) is 70.2 cm³/mol. The van der Waals surface area contributed by atoms with Crippen molar-refractivity contribution in [2.45, 2.75) is 37.6 Å². The number of amides is 1. The highest BCUT2D eigenvalue weighted by molar-refractivity contribution is 7.89. The number of hydroxylamine groups is 1. The van der Waals surface area contributed by atoms with E-state index in [1.807, 2.05) is 13.8 Å². The molecule has 1 atom stereocenters. The molecule has 1 amide bonds. The zero-order valence-electron chi connectivity index (χ0n) is 11.0. The van der Waals surface area contributed by atoms with E-state index in [0.29, 0.717) is 5.92 Å². The second kappa shape index (κ2) is 6.14. The van der Waals surface area contributed by atoms with Gasteiger partial charge in [0, 0.05) is 0 Å². The van der Waals surface area contributed by atoms with Crippen LogP contribution < -0.4 is 10.2 Å². The Bertz CT molecular complexity index is 537. The summed E-state index contributed by atoms with van der Waals surface area (Å²) in [6.07, 6.45) is 0. The molecule has 0 heterocycles. The van der Waals surface area contributed by atoms with Crippen molar-refractivity contribution in [1.29, 1.82) is 0 Å². The van der Waals surface area contributed by atoms with Gasteiger partial charge in [-0.3, -0.25) is 10.0 Å². The number of hydrogen-bond acceptors (Lipinski definition) is 4. The molecule has 6 nitrogen and oxygen atoms in total. The Hall–Kier alpha value is -1.44. The van der Waals surface area contributed by atoms with Crippen molar-refractivity contribution < 1.29 is 18.4 Å². The molecule has 1 rings (SSSR count). The van der Waals surface area contributed by atoms with Crippen LogP contribution in [-0.2, 0) is 14.8 Å². The molecule has 0 saturated carbocycles. The van der Waals surface area contributed by atoms with Crippen molar-refractivity contribution in [3.05, 3.63) is 29.8 Å². The van der Waals surface area contributed by atoms with Crippen LogP contribution in [0.25, 0.3) is 0 Å². The average Bonchev–Trinajstić information content (AvgIpc) is 2.37. The summed E-state index contributed by atoms with van der Waals surface area (Å²) < 4.78 is 26.1. The van der Waals surface area contributed by atoms with Crippen molar-refractivity contribution in [2.75, 3.05) is 0 Å². The summed E-state index contributed by atoms with van der Waals surface area (Å²) >= 11 is 0. The lowest BCUT2D eigenvalue weighted by Crippen LogP contribution is -2.43. The molecule has 0 aliphatic carbocycles. The topological polar surface area (TPSA) is 95.5 Å². The first kappa shape index (κ1) is 15.6. The molecule has 3 N–H and O–H groups in total. The van der Waals surface area contributed by atoms with Gasteiger partial charge in [0.05, 0.1) is 4.90 Å². The monoisotopic (exact) mass is 286 g/mol. The average molecular weight is 286 g/mol. The van der Waals surface area contributed by atoms with Gasteiger partial charge in [-0.2, -0.15) is 4.72 Å². The van der Waals surface area contributed by atoms with Crippen LogP contribution in [0.2, 0.25) is 0 Å². The highest BCUT2D eigenvalue weighted by Crippen LogP contribution is 2.17. The van der Waals surface area contributed by atoms with Gasteiger partial charge in [-0.15, -0.1) is 0 Å². The van der Waals surface area contributed by atoms with E-state index in [4.69, 9.17) is 5.21 Å². The normalized spacial score (nSPS) is 13.3. The molecule has 0 bridgehead atoms. The van der Waals surface area contributed by atoms with Crippen molar-refractivity contribution in [3.8, 4) is 0 Å². The highest BCUT2D eigenvalue weighted by Gasteiger charge is 2.21. The lowest BCUT2D eigenvalue weighted by Gasteiger charge is -2.13. The van der Waals surface area contributed by atoms with Crippen LogP contribution in [0, 0.1) is 0 Å². The van der Waals surface area contributed by atoms with E-state index in [9.17, 15) is 13.2 Å². The Kier molecular flexibility index (Phi) is 5.04. The van der Waals surface area contributed by atoms with Gasteiger partial charge in [0.25, 0.3) is 5.91 Å². The summed E-state index contributed by atoms with van der Waals surface area (Å²) in [7, 11) is -3.78. The Morgan fingerprint density at radius 2 is 1.68 bits per heavy atom. The molecule has 0 aliphatic heterocycles. The molecule has 1 unspecified atom stereocenters. The Labute approximate surface area is 112 Å². The number of carbonyl (C=O) groups excluding carboxylic acids is 1. The van der Waals surface area contributed by atoms with Crippen molar-refractivity contribution in [3.63, 3.8) is 0 Å². The van der Waals surface area contributed by atoms with Crippen molar-refractivity contribution in [1.82, 2.24) is 10.2 Å². The largest absolute Gasteiger partial charge is 0.289 e. The Morgan fingerprint density at radius 1 is 1.16 bits per heavy atom. The second-order valence-electron chi connectivity index (χ2n) is 4.54. The summed E-state index contributed by atoms with van der Waals surface area (Å²) in [4.78, 5) is 11.2. The lowest BCUT2D eigenvalue weighted by molar-refractivity contribution is -0.130. The number of carbonyl (C=O) groups is 1. The zero-order valence-corrected chi connectivity index (χ0v) is 11.9. The van der Waals surface area contributed by atoms with Crippen LogP contribution in [0.5, 0.6) is 0 Å². The van der Waals surface area contributed by atoms with Gasteiger partial charge in [0.1, 0.15) is 6.04 Å². The van der Waals surface area contributed by atoms with Gasteiger partial charge in [-0.1, -0.05) is 26.0 Å². The summed E-state index contributed by atoms with van der Waals surface area (Å²) in [6.45, 7) is 5.36. The third-order valence-corrected chi connectivity index (χ3v) is 4.25. The third kappa shape index (κ3) is 4.02. The van der Waals surface area contributed by atoms with E-state index in [-0.39, 0.29) is 4.90 Å². The number of hydrogen-bond donors (Lipinski definition) is 3. The van der Waals surface area contributed by atoms with Crippen LogP contribution in [0.1, 0.15) is 32.3 Å². The van der Waals surface area contributed by atoms with E-state index in [1.165, 1.54) is 24.5 Å². The van der Waals surface area contributed by atoms with Gasteiger partial charge < -0.3 is 0 Å². The molecule has 0 saturated heterocycles. The smallest absolute Gasteiger partial charge is 0.261 e. The summed E-state index contributed by atoms with van der Waals surface area (Å²) in [5.41, 5.74) is 2.42. The minimum atomic E-state index is -3.78. The summed E-state index contributed by atoms with van der Waals surface area (Å²) in [5.74, 6) is -0.508. The molecule has 0 fully saturated rings. The van der Waals surface area contributed by atoms with Gasteiger partial charge in [-0.25, -0.2) is 13.9 Å². The molecule has 1 aromatic rings. The van der Waals surface area contributed by atoms with Crippen LogP contribution in [0.15, 0.2) is 29.2 Å². The van der Waals surface area contributed by atoms with E-state index in [1.54, 1.807) is 12.1 Å². The first-order valence-electron chi connectivity index (χ1n) is 5.84. The van der Waals surface area contributed by atoms with Gasteiger partial charge >= 0.3 is 0 Å². The summed E-state index contributed by atoms with van der Waals surface area (Å²) in [6, 6.07) is 5.38. The molecule has 7 heteroatoms. The SMILES string of the molecule is CC(NS(=O)(=O)c1ccc(C(C)C)cc1)C(=O)NO. The maximum atomic E-state index is 12.0.